The van der Waals surface area contributed by atoms with Crippen molar-refractivity contribution >= 4 is 11.9 Å². The van der Waals surface area contributed by atoms with Crippen LogP contribution in [0.4, 0.5) is 4.79 Å². The molecule has 6 nitrogen and oxygen atoms in total. The molecule has 5 aliphatic rings. The highest BCUT2D eigenvalue weighted by Gasteiger charge is 2.51. The number of carbonyl (C=O) groups is 1. The van der Waals surface area contributed by atoms with Crippen LogP contribution in [0.5, 0.6) is 5.75 Å². The highest BCUT2D eigenvalue weighted by molar-refractivity contribution is 5.79. The Morgan fingerprint density at radius 3 is 2.33 bits per heavy atom. The van der Waals surface area contributed by atoms with Gasteiger partial charge in [-0.2, -0.15) is 0 Å². The summed E-state index contributed by atoms with van der Waals surface area (Å²) in [6.07, 6.45) is 12.0. The fourth-order valence-corrected chi connectivity index (χ4v) is 7.04. The maximum atomic E-state index is 12.4. The number of amides is 1. The van der Waals surface area contributed by atoms with Crippen LogP contribution in [0.25, 0.3) is 0 Å². The van der Waals surface area contributed by atoms with Crippen molar-refractivity contribution in [2.75, 3.05) is 26.3 Å². The van der Waals surface area contributed by atoms with E-state index in [2.05, 4.69) is 34.7 Å². The van der Waals surface area contributed by atoms with Gasteiger partial charge in [0.25, 0.3) is 0 Å². The Bertz CT molecular complexity index is 831. The SMILES string of the molecule is CC1=NCCCN1.CCCCOc1ccc(C[C@@H](C)NC(=O)OCC23CC4CC(CC(C4)C2)C3)cc1. The van der Waals surface area contributed by atoms with E-state index in [-0.39, 0.29) is 17.6 Å². The molecule has 1 aliphatic heterocycles. The molecule has 36 heavy (non-hydrogen) atoms. The zero-order valence-corrected chi connectivity index (χ0v) is 22.7. The molecule has 4 saturated carbocycles. The minimum Gasteiger partial charge on any atom is -0.494 e. The predicted octanol–water partition coefficient (Wildman–Crippen LogP) is 6.14. The van der Waals surface area contributed by atoms with Gasteiger partial charge in [-0.25, -0.2) is 4.79 Å². The molecule has 1 aromatic rings. The van der Waals surface area contributed by atoms with E-state index < -0.39 is 0 Å². The van der Waals surface area contributed by atoms with Crippen LogP contribution in [0.3, 0.4) is 0 Å². The molecule has 1 atom stereocenters. The third-order valence-electron chi connectivity index (χ3n) is 8.34. The molecule has 0 saturated heterocycles. The molecule has 4 fully saturated rings. The minimum atomic E-state index is -0.257. The summed E-state index contributed by atoms with van der Waals surface area (Å²) in [6, 6.07) is 8.25. The number of nitrogens with zero attached hydrogens (tertiary/aromatic N) is 1. The summed E-state index contributed by atoms with van der Waals surface area (Å²) in [4.78, 5) is 16.5. The zero-order valence-electron chi connectivity index (χ0n) is 22.7. The van der Waals surface area contributed by atoms with Crippen LogP contribution in [0, 0.1) is 23.2 Å². The summed E-state index contributed by atoms with van der Waals surface area (Å²) in [5, 5.41) is 6.16. The topological polar surface area (TPSA) is 72.0 Å². The summed E-state index contributed by atoms with van der Waals surface area (Å²) in [5.41, 5.74) is 1.48. The van der Waals surface area contributed by atoms with Gasteiger partial charge in [0.1, 0.15) is 5.75 Å². The second kappa shape index (κ2) is 12.8. The van der Waals surface area contributed by atoms with Crippen molar-refractivity contribution in [1.82, 2.24) is 10.6 Å². The Hall–Kier alpha value is -2.24. The molecule has 4 bridgehead atoms. The van der Waals surface area contributed by atoms with Gasteiger partial charge in [-0.3, -0.25) is 4.99 Å². The molecule has 1 heterocycles. The number of hydrogen-bond acceptors (Lipinski definition) is 5. The average Bonchev–Trinajstić information content (AvgIpc) is 2.84. The molecule has 0 aromatic heterocycles. The first-order chi connectivity index (χ1) is 17.4. The number of unbranched alkanes of at least 4 members (excludes halogenated alkanes) is 1. The number of rotatable bonds is 9. The minimum absolute atomic E-state index is 0.0470. The van der Waals surface area contributed by atoms with E-state index in [0.717, 1.165) is 68.3 Å². The van der Waals surface area contributed by atoms with Crippen molar-refractivity contribution in [3.05, 3.63) is 29.8 Å². The number of ether oxygens (including phenoxy) is 2. The summed E-state index contributed by atoms with van der Waals surface area (Å²) < 4.78 is 11.5. The molecule has 0 spiro atoms. The van der Waals surface area contributed by atoms with Gasteiger partial charge in [0.05, 0.1) is 19.0 Å². The Balaban J connectivity index is 0.000000375. The molecule has 6 rings (SSSR count). The van der Waals surface area contributed by atoms with Gasteiger partial charge in [-0.1, -0.05) is 25.5 Å². The fraction of sp³-hybridized carbons (Fsp3) is 0.733. The lowest BCUT2D eigenvalue weighted by Gasteiger charge is -2.56. The monoisotopic (exact) mass is 497 g/mol. The first-order valence-corrected chi connectivity index (χ1v) is 14.3. The van der Waals surface area contributed by atoms with Gasteiger partial charge < -0.3 is 20.1 Å². The maximum absolute atomic E-state index is 12.4. The molecule has 6 heteroatoms. The number of alkyl carbamates (subject to hydrolysis) is 1. The van der Waals surface area contributed by atoms with Crippen LogP contribution in [-0.4, -0.2) is 44.3 Å². The third kappa shape index (κ3) is 7.88. The molecule has 0 unspecified atom stereocenters. The largest absolute Gasteiger partial charge is 0.494 e. The summed E-state index contributed by atoms with van der Waals surface area (Å²) in [7, 11) is 0. The standard InChI is InChI=1S/C25H37NO3.C5H10N2/c1-3-4-9-28-23-7-5-19(6-8-23)10-18(2)26-24(27)29-17-25-14-20-11-21(15-25)13-22(12-20)16-25;1-5-6-3-2-4-7-5/h5-8,18,20-22H,3-4,9-17H2,1-2H3,(H,26,27);2-4H2,1H3,(H,6,7)/t18-,20?,21?,22?,25?;/m1./s1. The smallest absolute Gasteiger partial charge is 0.407 e. The molecule has 1 amide bonds. The van der Waals surface area contributed by atoms with Gasteiger partial charge in [-0.05, 0) is 107 Å². The van der Waals surface area contributed by atoms with E-state index in [1.165, 1.54) is 50.5 Å². The Kier molecular flexibility index (Phi) is 9.55. The van der Waals surface area contributed by atoms with Crippen molar-refractivity contribution in [2.45, 2.75) is 91.0 Å². The first kappa shape index (κ1) is 26.8. The van der Waals surface area contributed by atoms with Gasteiger partial charge >= 0.3 is 6.09 Å². The van der Waals surface area contributed by atoms with E-state index in [0.29, 0.717) is 6.61 Å². The van der Waals surface area contributed by atoms with Gasteiger partial charge in [0.15, 0.2) is 0 Å². The van der Waals surface area contributed by atoms with Gasteiger partial charge in [-0.15, -0.1) is 0 Å². The second-order valence-electron chi connectivity index (χ2n) is 11.8. The molecule has 1 aromatic carbocycles. The van der Waals surface area contributed by atoms with Crippen molar-refractivity contribution in [3.8, 4) is 5.75 Å². The van der Waals surface area contributed by atoms with Crippen molar-refractivity contribution in [1.29, 1.82) is 0 Å². The lowest BCUT2D eigenvalue weighted by Crippen LogP contribution is -2.49. The van der Waals surface area contributed by atoms with Crippen LogP contribution >= 0.6 is 0 Å². The normalized spacial score (nSPS) is 28.8. The molecular weight excluding hydrogens is 450 g/mol. The Labute approximate surface area is 218 Å². The first-order valence-electron chi connectivity index (χ1n) is 14.3. The van der Waals surface area contributed by atoms with Crippen molar-refractivity contribution < 1.29 is 14.3 Å². The molecular formula is C30H47N3O3. The van der Waals surface area contributed by atoms with E-state index in [4.69, 9.17) is 9.47 Å². The average molecular weight is 498 g/mol. The summed E-state index contributed by atoms with van der Waals surface area (Å²) >= 11 is 0. The lowest BCUT2D eigenvalue weighted by atomic mass is 9.50. The van der Waals surface area contributed by atoms with Crippen LogP contribution < -0.4 is 15.4 Å². The number of carbonyl (C=O) groups excluding carboxylic acids is 1. The van der Waals surface area contributed by atoms with Crippen LogP contribution in [-0.2, 0) is 11.2 Å². The summed E-state index contributed by atoms with van der Waals surface area (Å²) in [6.45, 7) is 9.70. The van der Waals surface area contributed by atoms with E-state index in [9.17, 15) is 4.79 Å². The Morgan fingerprint density at radius 2 is 1.81 bits per heavy atom. The van der Waals surface area contributed by atoms with Crippen molar-refractivity contribution in [3.63, 3.8) is 0 Å². The number of aliphatic imine (C=N–C) groups is 1. The van der Waals surface area contributed by atoms with Crippen LogP contribution in [0.15, 0.2) is 29.3 Å². The van der Waals surface area contributed by atoms with E-state index in [1.54, 1.807) is 0 Å². The maximum Gasteiger partial charge on any atom is 0.407 e. The third-order valence-corrected chi connectivity index (χ3v) is 8.34. The van der Waals surface area contributed by atoms with E-state index in [1.807, 2.05) is 26.0 Å². The second-order valence-corrected chi connectivity index (χ2v) is 11.8. The Morgan fingerprint density at radius 1 is 1.14 bits per heavy atom. The fourth-order valence-electron chi connectivity index (χ4n) is 7.04. The quantitative estimate of drug-likeness (QED) is 0.402. The number of nitrogens with one attached hydrogen (secondary N) is 2. The highest BCUT2D eigenvalue weighted by atomic mass is 16.5. The summed E-state index contributed by atoms with van der Waals surface area (Å²) in [5.74, 6) is 4.67. The highest BCUT2D eigenvalue weighted by Crippen LogP contribution is 2.60. The van der Waals surface area contributed by atoms with Crippen LogP contribution in [0.2, 0.25) is 0 Å². The zero-order chi connectivity index (χ0) is 25.4. The van der Waals surface area contributed by atoms with Crippen LogP contribution in [0.1, 0.15) is 84.1 Å². The molecule has 4 aliphatic carbocycles. The van der Waals surface area contributed by atoms with Crippen molar-refractivity contribution in [2.24, 2.45) is 28.2 Å². The lowest BCUT2D eigenvalue weighted by molar-refractivity contribution is -0.0821. The molecule has 0 radical (unpaired) electrons. The number of amidine groups is 1. The van der Waals surface area contributed by atoms with Gasteiger partial charge in [0.2, 0.25) is 0 Å². The predicted molar refractivity (Wildman–Crippen MR) is 146 cm³/mol. The number of benzene rings is 1. The van der Waals surface area contributed by atoms with E-state index >= 15 is 0 Å². The molecule has 200 valence electrons. The molecule has 2 N–H and O–H groups in total. The van der Waals surface area contributed by atoms with Gasteiger partial charge in [0, 0.05) is 24.5 Å². The number of hydrogen-bond donors (Lipinski definition) is 2.